The van der Waals surface area contributed by atoms with Crippen molar-refractivity contribution in [1.82, 2.24) is 4.13 Å². The zero-order valence-corrected chi connectivity index (χ0v) is 15.2. The zero-order chi connectivity index (χ0) is 25.1. The number of benzene rings is 1. The number of hydrogen-bond donors (Lipinski definition) is 1. The van der Waals surface area contributed by atoms with Crippen LogP contribution in [-0.4, -0.2) is 34.2 Å². The normalized spacial score (nSPS) is 15.3. The van der Waals surface area contributed by atoms with Crippen LogP contribution in [0.4, 0.5) is 57.1 Å². The first-order chi connectivity index (χ1) is 13.3. The molecule has 0 aliphatic heterocycles. The Labute approximate surface area is 162 Å². The van der Waals surface area contributed by atoms with E-state index >= 15 is 0 Å². The van der Waals surface area contributed by atoms with Crippen LogP contribution in [0.3, 0.4) is 0 Å². The van der Waals surface area contributed by atoms with Crippen LogP contribution in [0.2, 0.25) is 0 Å². The molecule has 0 amide bonds. The molecule has 0 radical (unpaired) electrons. The topological polar surface area (TPSA) is 80.3 Å². The Morgan fingerprint density at radius 2 is 1.06 bits per heavy atom. The molecule has 0 bridgehead atoms. The van der Waals surface area contributed by atoms with E-state index in [9.17, 15) is 73.9 Å². The molecule has 0 spiro atoms. The molecule has 0 atom stereocenters. The van der Waals surface area contributed by atoms with Gasteiger partial charge in [0.25, 0.3) is 20.0 Å². The van der Waals surface area contributed by atoms with E-state index in [1.54, 1.807) is 0 Å². The van der Waals surface area contributed by atoms with Crippen LogP contribution in [0.15, 0.2) is 23.1 Å². The predicted molar refractivity (Wildman–Crippen MR) is 71.6 cm³/mol. The average Bonchev–Trinajstić information content (AvgIpc) is 2.48. The highest BCUT2D eigenvalue weighted by Gasteiger charge is 2.81. The molecule has 180 valence electrons. The van der Waals surface area contributed by atoms with Crippen molar-refractivity contribution < 1.29 is 73.9 Å². The smallest absolute Gasteiger partial charge is 0.207 e. The van der Waals surface area contributed by atoms with Crippen molar-refractivity contribution in [2.24, 2.45) is 0 Å². The fourth-order valence-corrected chi connectivity index (χ4v) is 5.21. The lowest BCUT2D eigenvalue weighted by molar-refractivity contribution is -0.306. The van der Waals surface area contributed by atoms with Crippen LogP contribution in [-0.2, 0) is 32.4 Å². The Balaban J connectivity index is 3.83. The molecule has 0 aromatic heterocycles. The maximum Gasteiger partial charge on any atom is 0.448 e. The third-order valence-corrected chi connectivity index (χ3v) is 7.10. The molecule has 1 aromatic carbocycles. The van der Waals surface area contributed by atoms with Crippen LogP contribution in [0.1, 0.15) is 11.1 Å². The van der Waals surface area contributed by atoms with Crippen molar-refractivity contribution in [2.75, 3.05) is 0 Å². The van der Waals surface area contributed by atoms with E-state index in [-0.39, 0.29) is 6.07 Å². The van der Waals surface area contributed by atoms with Gasteiger partial charge in [-0.05, 0) is 18.2 Å². The summed E-state index contributed by atoms with van der Waals surface area (Å²) in [5.41, 5.74) is -4.82. The molecule has 0 heterocycles. The highest BCUT2D eigenvalue weighted by Crippen LogP contribution is 2.50. The van der Waals surface area contributed by atoms with Crippen molar-refractivity contribution in [3.63, 3.8) is 0 Å². The molecule has 5 nitrogen and oxygen atoms in total. The average molecular weight is 525 g/mol. The molecule has 0 fully saturated rings. The van der Waals surface area contributed by atoms with Crippen LogP contribution in [0, 0.1) is 0 Å². The van der Waals surface area contributed by atoms with Crippen molar-refractivity contribution >= 4 is 20.0 Å². The van der Waals surface area contributed by atoms with Gasteiger partial charge in [-0.15, -0.1) is 4.13 Å². The van der Waals surface area contributed by atoms with E-state index in [1.165, 1.54) is 0 Å². The summed E-state index contributed by atoms with van der Waals surface area (Å²) in [6.07, 6.45) is -26.3. The Hall–Kier alpha value is -1.83. The van der Waals surface area contributed by atoms with Gasteiger partial charge in [-0.3, -0.25) is 0 Å². The summed E-state index contributed by atoms with van der Waals surface area (Å²) in [4.78, 5) is -2.73. The number of alkyl halides is 13. The van der Waals surface area contributed by atoms with E-state index in [2.05, 4.69) is 0 Å². The minimum Gasteiger partial charge on any atom is -0.207 e. The molecule has 1 aromatic rings. The van der Waals surface area contributed by atoms with Gasteiger partial charge >= 0.3 is 29.7 Å². The SMILES string of the molecule is O=S(=O)(NS(=O)(=O)C(F)(C(F)(F)F)C(F)(F)F)c1cc(C(F)(F)F)ccc1C(F)(F)F. The monoisotopic (exact) mass is 525 g/mol. The minimum absolute atomic E-state index is 0.360. The second-order valence-corrected chi connectivity index (χ2v) is 9.07. The van der Waals surface area contributed by atoms with Gasteiger partial charge in [-0.1, -0.05) is 0 Å². The number of hydrogen-bond acceptors (Lipinski definition) is 4. The van der Waals surface area contributed by atoms with E-state index in [1.807, 2.05) is 0 Å². The van der Waals surface area contributed by atoms with Gasteiger partial charge < -0.3 is 0 Å². The largest absolute Gasteiger partial charge is 0.448 e. The number of halogens is 13. The second kappa shape index (κ2) is 7.36. The highest BCUT2D eigenvalue weighted by atomic mass is 32.3. The lowest BCUT2D eigenvalue weighted by atomic mass is 10.1. The lowest BCUT2D eigenvalue weighted by Crippen LogP contribution is -2.62. The predicted octanol–water partition coefficient (Wildman–Crippen LogP) is 4.12. The summed E-state index contributed by atoms with van der Waals surface area (Å²) in [6, 6.07) is -1.86. The molecule has 0 saturated heterocycles. The van der Waals surface area contributed by atoms with Crippen molar-refractivity contribution in [3.8, 4) is 0 Å². The Bertz CT molecular complexity index is 1030. The van der Waals surface area contributed by atoms with E-state index in [4.69, 9.17) is 0 Å². The summed E-state index contributed by atoms with van der Waals surface area (Å²) < 4.78 is 211. The van der Waals surface area contributed by atoms with Gasteiger partial charge in [0.1, 0.15) is 0 Å². The first-order valence-corrected chi connectivity index (χ1v) is 9.64. The Morgan fingerprint density at radius 3 is 1.39 bits per heavy atom. The van der Waals surface area contributed by atoms with Crippen LogP contribution in [0.5, 0.6) is 0 Å². The molecular weight excluding hydrogens is 521 g/mol. The zero-order valence-electron chi connectivity index (χ0n) is 13.6. The molecule has 0 aliphatic carbocycles. The van der Waals surface area contributed by atoms with E-state index in [0.717, 1.165) is 0 Å². The lowest BCUT2D eigenvalue weighted by Gasteiger charge is -2.29. The van der Waals surface area contributed by atoms with Crippen molar-refractivity contribution in [2.45, 2.75) is 34.6 Å². The maximum absolute atomic E-state index is 13.7. The fourth-order valence-electron chi connectivity index (χ4n) is 1.87. The van der Waals surface area contributed by atoms with E-state index < -0.39 is 82.0 Å². The molecule has 1 N–H and O–H groups in total. The van der Waals surface area contributed by atoms with Gasteiger partial charge in [0.05, 0.1) is 16.0 Å². The van der Waals surface area contributed by atoms with Crippen molar-refractivity contribution in [1.29, 1.82) is 0 Å². The van der Waals surface area contributed by atoms with Gasteiger partial charge in [-0.2, -0.15) is 52.7 Å². The quantitative estimate of drug-likeness (QED) is 0.600. The van der Waals surface area contributed by atoms with Crippen LogP contribution >= 0.6 is 0 Å². The third kappa shape index (κ3) is 4.99. The summed E-state index contributed by atoms with van der Waals surface area (Å²) in [7, 11) is -14.7. The molecule has 1 rings (SSSR count). The second-order valence-electron chi connectivity index (χ2n) is 5.39. The highest BCUT2D eigenvalue weighted by molar-refractivity contribution is 8.05. The first-order valence-electron chi connectivity index (χ1n) is 6.68. The molecule has 20 heteroatoms. The van der Waals surface area contributed by atoms with Crippen LogP contribution in [0.25, 0.3) is 0 Å². The Morgan fingerprint density at radius 1 is 0.645 bits per heavy atom. The van der Waals surface area contributed by atoms with Crippen molar-refractivity contribution in [3.05, 3.63) is 29.3 Å². The standard InChI is InChI=1S/C11H4F13NO4S2/c12-7(13,14)4-1-2-5(8(15,16)17)6(3-4)30(26,27)25-31(28,29)9(18,10(19,20)21)11(22,23)24/h1-3,25H. The minimum atomic E-state index is -7.86. The molecule has 0 aliphatic rings. The van der Waals surface area contributed by atoms with Gasteiger partial charge in [-0.25, -0.2) is 21.2 Å². The Kier molecular flexibility index (Phi) is 6.46. The van der Waals surface area contributed by atoms with Gasteiger partial charge in [0.15, 0.2) is 0 Å². The fraction of sp³-hybridized carbons (Fsp3) is 0.455. The van der Waals surface area contributed by atoms with E-state index in [0.29, 0.717) is 0 Å². The number of rotatable bonds is 4. The molecule has 0 unspecified atom stereocenters. The van der Waals surface area contributed by atoms with Gasteiger partial charge in [0, 0.05) is 0 Å². The summed E-state index contributed by atoms with van der Waals surface area (Å²) in [5.74, 6) is 0. The molecular formula is C11H4F13NO4S2. The molecule has 0 saturated carbocycles. The summed E-state index contributed by atoms with van der Waals surface area (Å²) in [5, 5.41) is -7.36. The van der Waals surface area contributed by atoms with Gasteiger partial charge in [0.2, 0.25) is 0 Å². The maximum atomic E-state index is 13.7. The first kappa shape index (κ1) is 27.2. The number of sulfonamides is 2. The van der Waals surface area contributed by atoms with Crippen LogP contribution < -0.4 is 4.13 Å². The summed E-state index contributed by atoms with van der Waals surface area (Å²) >= 11 is 0. The third-order valence-electron chi connectivity index (χ3n) is 3.22. The summed E-state index contributed by atoms with van der Waals surface area (Å²) in [6.45, 7) is 0. The number of nitrogens with one attached hydrogen (secondary N) is 1. The molecule has 31 heavy (non-hydrogen) atoms.